The molecule has 2 unspecified atom stereocenters. The van der Waals surface area contributed by atoms with Gasteiger partial charge < -0.3 is 14.8 Å². The molecule has 20 heavy (non-hydrogen) atoms. The molecule has 0 amide bonds. The van der Waals surface area contributed by atoms with E-state index in [-0.39, 0.29) is 6.04 Å². The maximum atomic E-state index is 9.25. The Bertz CT molecular complexity index is 536. The van der Waals surface area contributed by atoms with E-state index >= 15 is 0 Å². The largest absolute Gasteiger partial charge is 0.508 e. The lowest BCUT2D eigenvalue weighted by atomic mass is 10.1. The summed E-state index contributed by atoms with van der Waals surface area (Å²) in [4.78, 5) is 0. The summed E-state index contributed by atoms with van der Waals surface area (Å²) in [5.41, 5.74) is 1.24. The van der Waals surface area contributed by atoms with Crippen LogP contribution >= 0.6 is 15.9 Å². The van der Waals surface area contributed by atoms with Crippen LogP contribution in [0, 0.1) is 0 Å². The van der Waals surface area contributed by atoms with Crippen LogP contribution in [-0.2, 0) is 6.42 Å². The van der Waals surface area contributed by atoms with Gasteiger partial charge in [-0.2, -0.15) is 0 Å². The van der Waals surface area contributed by atoms with E-state index in [9.17, 15) is 5.11 Å². The summed E-state index contributed by atoms with van der Waals surface area (Å²) < 4.78 is 6.31. The smallest absolute Gasteiger partial charge is 0.169 e. The summed E-state index contributed by atoms with van der Waals surface area (Å²) in [6, 6.07) is 11.9. The maximum Gasteiger partial charge on any atom is 0.169 e. The molecule has 0 radical (unpaired) electrons. The summed E-state index contributed by atoms with van der Waals surface area (Å²) in [7, 11) is 0. The van der Waals surface area contributed by atoms with E-state index in [0.717, 1.165) is 23.3 Å². The van der Waals surface area contributed by atoms with Gasteiger partial charge in [-0.25, -0.2) is 0 Å². The molecule has 108 valence electrons. The summed E-state index contributed by atoms with van der Waals surface area (Å²) in [6.45, 7) is 4.28. The van der Waals surface area contributed by atoms with Crippen LogP contribution in [0.5, 0.6) is 5.75 Å². The normalized spacial score (nSPS) is 14.2. The Morgan fingerprint density at radius 2 is 1.85 bits per heavy atom. The molecule has 0 spiro atoms. The number of hydrogen-bond donors (Lipinski definition) is 2. The third kappa shape index (κ3) is 4.39. The van der Waals surface area contributed by atoms with E-state index in [1.165, 1.54) is 5.56 Å². The van der Waals surface area contributed by atoms with Gasteiger partial charge in [0.2, 0.25) is 0 Å². The number of nitrogens with one attached hydrogen (secondary N) is 1. The average Bonchev–Trinajstić information content (AvgIpc) is 2.85. The van der Waals surface area contributed by atoms with Crippen molar-refractivity contribution in [2.45, 2.75) is 38.8 Å². The van der Waals surface area contributed by atoms with Crippen molar-refractivity contribution in [2.24, 2.45) is 0 Å². The molecule has 0 fully saturated rings. The fourth-order valence-electron chi connectivity index (χ4n) is 2.20. The van der Waals surface area contributed by atoms with Crippen molar-refractivity contribution in [3.05, 3.63) is 52.4 Å². The van der Waals surface area contributed by atoms with Gasteiger partial charge in [-0.15, -0.1) is 0 Å². The highest BCUT2D eigenvalue weighted by Gasteiger charge is 2.12. The lowest BCUT2D eigenvalue weighted by Crippen LogP contribution is -2.29. The SMILES string of the molecule is CC(CCc1ccc(O)cc1)NC(C)c1ccc(Br)o1. The summed E-state index contributed by atoms with van der Waals surface area (Å²) in [6.07, 6.45) is 2.03. The second kappa shape index (κ2) is 6.95. The molecular weight excluding hydrogens is 318 g/mol. The first-order chi connectivity index (χ1) is 9.54. The van der Waals surface area contributed by atoms with Gasteiger partial charge in [-0.1, -0.05) is 12.1 Å². The predicted molar refractivity (Wildman–Crippen MR) is 83.8 cm³/mol. The van der Waals surface area contributed by atoms with Gasteiger partial charge in [-0.3, -0.25) is 0 Å². The Balaban J connectivity index is 1.80. The van der Waals surface area contributed by atoms with Gasteiger partial charge >= 0.3 is 0 Å². The zero-order valence-electron chi connectivity index (χ0n) is 11.8. The molecule has 4 heteroatoms. The number of hydrogen-bond acceptors (Lipinski definition) is 3. The second-order valence-corrected chi connectivity index (χ2v) is 5.92. The number of halogens is 1. The third-order valence-electron chi connectivity index (χ3n) is 3.36. The summed E-state index contributed by atoms with van der Waals surface area (Å²) in [5, 5.41) is 12.8. The minimum atomic E-state index is 0.191. The molecule has 1 aromatic heterocycles. The fraction of sp³-hybridized carbons (Fsp3) is 0.375. The van der Waals surface area contributed by atoms with Gasteiger partial charge in [0, 0.05) is 6.04 Å². The quantitative estimate of drug-likeness (QED) is 0.820. The van der Waals surface area contributed by atoms with Crippen molar-refractivity contribution in [3.63, 3.8) is 0 Å². The van der Waals surface area contributed by atoms with Crippen LogP contribution in [0.25, 0.3) is 0 Å². The Hall–Kier alpha value is -1.26. The molecule has 0 saturated heterocycles. The van der Waals surface area contributed by atoms with Gasteiger partial charge in [0.25, 0.3) is 0 Å². The second-order valence-electron chi connectivity index (χ2n) is 5.14. The Morgan fingerprint density at radius 1 is 1.15 bits per heavy atom. The highest BCUT2D eigenvalue weighted by atomic mass is 79.9. The fourth-order valence-corrected chi connectivity index (χ4v) is 2.52. The third-order valence-corrected chi connectivity index (χ3v) is 3.78. The number of aromatic hydroxyl groups is 1. The number of benzene rings is 1. The minimum Gasteiger partial charge on any atom is -0.508 e. The van der Waals surface area contributed by atoms with E-state index < -0.39 is 0 Å². The molecule has 0 bridgehead atoms. The molecule has 0 aliphatic heterocycles. The van der Waals surface area contributed by atoms with Gasteiger partial charge in [0.1, 0.15) is 11.5 Å². The molecule has 0 aliphatic rings. The molecule has 0 aliphatic carbocycles. The maximum absolute atomic E-state index is 9.25. The monoisotopic (exact) mass is 337 g/mol. The van der Waals surface area contributed by atoms with Crippen molar-refractivity contribution >= 4 is 15.9 Å². The molecule has 2 atom stereocenters. The van der Waals surface area contributed by atoms with E-state index in [1.807, 2.05) is 24.3 Å². The Kier molecular flexibility index (Phi) is 5.26. The van der Waals surface area contributed by atoms with Gasteiger partial charge in [0.05, 0.1) is 6.04 Å². The van der Waals surface area contributed by atoms with Crippen LogP contribution < -0.4 is 5.32 Å². The average molecular weight is 338 g/mol. The number of furan rings is 1. The molecule has 3 nitrogen and oxygen atoms in total. The van der Waals surface area contributed by atoms with E-state index in [2.05, 4.69) is 35.1 Å². The lowest BCUT2D eigenvalue weighted by molar-refractivity contribution is 0.381. The molecule has 0 saturated carbocycles. The van der Waals surface area contributed by atoms with Crippen molar-refractivity contribution < 1.29 is 9.52 Å². The molecular formula is C16H20BrNO2. The van der Waals surface area contributed by atoms with E-state index in [4.69, 9.17) is 4.42 Å². The molecule has 2 aromatic rings. The van der Waals surface area contributed by atoms with Crippen LogP contribution in [0.1, 0.15) is 37.6 Å². The molecule has 1 aromatic carbocycles. The van der Waals surface area contributed by atoms with Gasteiger partial charge in [0.15, 0.2) is 4.67 Å². The van der Waals surface area contributed by atoms with Crippen molar-refractivity contribution in [2.75, 3.05) is 0 Å². The van der Waals surface area contributed by atoms with Gasteiger partial charge in [-0.05, 0) is 72.4 Å². The number of aryl methyl sites for hydroxylation is 1. The summed E-state index contributed by atoms with van der Waals surface area (Å²) >= 11 is 3.32. The number of phenols is 1. The lowest BCUT2D eigenvalue weighted by Gasteiger charge is -2.18. The Morgan fingerprint density at radius 3 is 2.45 bits per heavy atom. The van der Waals surface area contributed by atoms with Crippen molar-refractivity contribution in [3.8, 4) is 5.75 Å². The van der Waals surface area contributed by atoms with Crippen LogP contribution in [0.2, 0.25) is 0 Å². The zero-order valence-corrected chi connectivity index (χ0v) is 13.4. The highest BCUT2D eigenvalue weighted by Crippen LogP contribution is 2.21. The first kappa shape index (κ1) is 15.1. The topological polar surface area (TPSA) is 45.4 Å². The molecule has 2 N–H and O–H groups in total. The first-order valence-corrected chi connectivity index (χ1v) is 7.63. The van der Waals surface area contributed by atoms with E-state index in [0.29, 0.717) is 11.8 Å². The van der Waals surface area contributed by atoms with Crippen molar-refractivity contribution in [1.29, 1.82) is 0 Å². The zero-order chi connectivity index (χ0) is 14.5. The van der Waals surface area contributed by atoms with Crippen LogP contribution in [-0.4, -0.2) is 11.1 Å². The van der Waals surface area contributed by atoms with Crippen LogP contribution in [0.15, 0.2) is 45.5 Å². The number of phenolic OH excluding ortho intramolecular Hbond substituents is 1. The molecule has 1 heterocycles. The van der Waals surface area contributed by atoms with Crippen LogP contribution in [0.3, 0.4) is 0 Å². The predicted octanol–water partition coefficient (Wildman–Crippen LogP) is 4.42. The minimum absolute atomic E-state index is 0.191. The number of rotatable bonds is 6. The van der Waals surface area contributed by atoms with Crippen LogP contribution in [0.4, 0.5) is 0 Å². The molecule has 2 rings (SSSR count). The standard InChI is InChI=1S/C16H20BrNO2/c1-11(3-4-13-5-7-14(19)8-6-13)18-12(2)15-9-10-16(17)20-15/h5-12,18-19H,3-4H2,1-2H3. The summed E-state index contributed by atoms with van der Waals surface area (Å²) in [5.74, 6) is 1.25. The van der Waals surface area contributed by atoms with E-state index in [1.54, 1.807) is 12.1 Å². The first-order valence-electron chi connectivity index (χ1n) is 6.84. The Labute approximate surface area is 128 Å². The highest BCUT2D eigenvalue weighted by molar-refractivity contribution is 9.10. The van der Waals surface area contributed by atoms with Crippen molar-refractivity contribution in [1.82, 2.24) is 5.32 Å².